The maximum Gasteiger partial charge on any atom is 0.253 e. The Morgan fingerprint density at radius 1 is 0.962 bits per heavy atom. The third kappa shape index (κ3) is 3.94. The van der Waals surface area contributed by atoms with E-state index in [4.69, 9.17) is 69.6 Å². The van der Waals surface area contributed by atoms with Crippen LogP contribution in [-0.2, 0) is 4.79 Å². The number of rotatable bonds is 4. The molecule has 0 aliphatic heterocycles. The van der Waals surface area contributed by atoms with Gasteiger partial charge in [0.05, 0.1) is 16.5 Å². The van der Waals surface area contributed by atoms with Crippen LogP contribution in [0.15, 0.2) is 36.4 Å². The first-order valence-corrected chi connectivity index (χ1v) is 9.52. The predicted octanol–water partition coefficient (Wildman–Crippen LogP) is 6.55. The van der Waals surface area contributed by atoms with Crippen LogP contribution in [0.3, 0.4) is 0 Å². The van der Waals surface area contributed by atoms with Gasteiger partial charge in [-0.15, -0.1) is 23.2 Å². The Morgan fingerprint density at radius 3 is 2.15 bits per heavy atom. The van der Waals surface area contributed by atoms with Gasteiger partial charge in [-0.25, -0.2) is 0 Å². The molecule has 2 unspecified atom stereocenters. The van der Waals surface area contributed by atoms with Crippen molar-refractivity contribution in [3.05, 3.63) is 62.6 Å². The first-order valence-electron chi connectivity index (χ1n) is 7.25. The van der Waals surface area contributed by atoms with Crippen molar-refractivity contribution in [2.24, 2.45) is 5.92 Å². The van der Waals surface area contributed by atoms with E-state index in [0.29, 0.717) is 21.3 Å². The second kappa shape index (κ2) is 7.38. The Hall–Kier alpha value is -0.680. The molecule has 2 aromatic carbocycles. The van der Waals surface area contributed by atoms with Gasteiger partial charge < -0.3 is 5.32 Å². The number of carbonyl (C=O) groups is 2. The maximum absolute atomic E-state index is 12.6. The van der Waals surface area contributed by atoms with Crippen molar-refractivity contribution in [3.63, 3.8) is 0 Å². The molecule has 3 nitrogen and oxygen atoms in total. The van der Waals surface area contributed by atoms with Gasteiger partial charge in [-0.2, -0.15) is 0 Å². The molecule has 0 heterocycles. The van der Waals surface area contributed by atoms with Gasteiger partial charge in [0.1, 0.15) is 4.33 Å². The minimum absolute atomic E-state index is 0.0862. The van der Waals surface area contributed by atoms with Crippen LogP contribution in [0, 0.1) is 5.92 Å². The predicted molar refractivity (Wildman–Crippen MR) is 107 cm³/mol. The lowest BCUT2D eigenvalue weighted by Gasteiger charge is -2.07. The van der Waals surface area contributed by atoms with Gasteiger partial charge in [-0.05, 0) is 53.6 Å². The first kappa shape index (κ1) is 20.1. The molecule has 0 spiro atoms. The normalized spacial score (nSPS) is 20.5. The summed E-state index contributed by atoms with van der Waals surface area (Å²) >= 11 is 36.0. The zero-order chi connectivity index (χ0) is 19.2. The molecule has 136 valence electrons. The van der Waals surface area contributed by atoms with Crippen LogP contribution in [0.1, 0.15) is 21.8 Å². The molecular weight excluding hydrogens is 463 g/mol. The van der Waals surface area contributed by atoms with Gasteiger partial charge in [-0.1, -0.05) is 34.8 Å². The lowest BCUT2D eigenvalue weighted by Crippen LogP contribution is -2.17. The fourth-order valence-electron chi connectivity index (χ4n) is 2.80. The molecule has 0 aromatic heterocycles. The van der Waals surface area contributed by atoms with Gasteiger partial charge in [-0.3, -0.25) is 9.59 Å². The molecule has 1 amide bonds. The van der Waals surface area contributed by atoms with Crippen LogP contribution < -0.4 is 5.32 Å². The van der Waals surface area contributed by atoms with E-state index in [1.807, 2.05) is 0 Å². The van der Waals surface area contributed by atoms with Gasteiger partial charge in [0, 0.05) is 21.7 Å². The summed E-state index contributed by atoms with van der Waals surface area (Å²) in [6, 6.07) is 9.29. The minimum atomic E-state index is -1.30. The summed E-state index contributed by atoms with van der Waals surface area (Å²) in [7, 11) is 0. The highest BCUT2D eigenvalue weighted by atomic mass is 35.5. The van der Waals surface area contributed by atoms with Gasteiger partial charge >= 0.3 is 0 Å². The number of nitrogens with one attached hydrogen (secondary N) is 1. The number of alkyl halides is 2. The molecule has 0 radical (unpaired) electrons. The fourth-order valence-corrected chi connectivity index (χ4v) is 4.58. The van der Waals surface area contributed by atoms with E-state index in [1.165, 1.54) is 12.1 Å². The molecule has 1 N–H and O–H groups in total. The minimum Gasteiger partial charge on any atom is -0.326 e. The Bertz CT molecular complexity index is 894. The monoisotopic (exact) mass is 469 g/mol. The van der Waals surface area contributed by atoms with E-state index < -0.39 is 27.3 Å². The molecule has 2 aromatic rings. The molecule has 1 saturated carbocycles. The summed E-state index contributed by atoms with van der Waals surface area (Å²) in [5.41, 5.74) is 1.10. The van der Waals surface area contributed by atoms with E-state index in [2.05, 4.69) is 5.32 Å². The number of hydrogen-bond donors (Lipinski definition) is 1. The van der Waals surface area contributed by atoms with Crippen LogP contribution >= 0.6 is 69.6 Å². The van der Waals surface area contributed by atoms with Crippen LogP contribution in [0.5, 0.6) is 0 Å². The number of halogens is 6. The summed E-state index contributed by atoms with van der Waals surface area (Å²) in [6.45, 7) is 0. The topological polar surface area (TPSA) is 46.2 Å². The van der Waals surface area contributed by atoms with Crippen molar-refractivity contribution in [2.45, 2.75) is 10.3 Å². The number of hydrogen-bond acceptors (Lipinski definition) is 2. The molecule has 9 heteroatoms. The molecule has 0 bridgehead atoms. The average Bonchev–Trinajstić information content (AvgIpc) is 3.10. The second-order valence-electron chi connectivity index (χ2n) is 5.79. The first-order chi connectivity index (χ1) is 12.1. The van der Waals surface area contributed by atoms with Crippen molar-refractivity contribution in [3.8, 4) is 0 Å². The van der Waals surface area contributed by atoms with Gasteiger partial charge in [0.25, 0.3) is 5.24 Å². The van der Waals surface area contributed by atoms with Crippen molar-refractivity contribution >= 4 is 86.4 Å². The Balaban J connectivity index is 1.82. The average molecular weight is 472 g/mol. The summed E-state index contributed by atoms with van der Waals surface area (Å²) in [5, 5.41) is 2.97. The number of anilines is 1. The van der Waals surface area contributed by atoms with Crippen LogP contribution in [0.25, 0.3) is 0 Å². The zero-order valence-corrected chi connectivity index (χ0v) is 17.2. The summed E-state index contributed by atoms with van der Waals surface area (Å²) in [4.78, 5) is 24.0. The lowest BCUT2D eigenvalue weighted by atomic mass is 10.1. The fraction of sp³-hybridized carbons (Fsp3) is 0.176. The van der Waals surface area contributed by atoms with Crippen molar-refractivity contribution < 1.29 is 9.59 Å². The molecule has 2 atom stereocenters. The summed E-state index contributed by atoms with van der Waals surface area (Å²) < 4.78 is -1.30. The summed E-state index contributed by atoms with van der Waals surface area (Å²) in [5.74, 6) is -1.60. The lowest BCUT2D eigenvalue weighted by molar-refractivity contribution is -0.117. The highest BCUT2D eigenvalue weighted by molar-refractivity contribution is 6.68. The highest BCUT2D eigenvalue weighted by Crippen LogP contribution is 2.65. The van der Waals surface area contributed by atoms with Crippen LogP contribution in [0.2, 0.25) is 15.1 Å². The SMILES string of the molecule is O=C(Cl)c1cc(NC(=O)C2C(c3cc(Cl)cc(Cl)c3)C2(Cl)Cl)ccc1Cl. The molecule has 1 aliphatic rings. The quantitative estimate of drug-likeness (QED) is 0.406. The summed E-state index contributed by atoms with van der Waals surface area (Å²) in [6.07, 6.45) is 0. The van der Waals surface area contributed by atoms with E-state index in [0.717, 1.165) is 0 Å². The highest BCUT2D eigenvalue weighted by Gasteiger charge is 2.67. The smallest absolute Gasteiger partial charge is 0.253 e. The molecule has 26 heavy (non-hydrogen) atoms. The van der Waals surface area contributed by atoms with Crippen molar-refractivity contribution in [1.82, 2.24) is 0 Å². The Kier molecular flexibility index (Phi) is 5.70. The van der Waals surface area contributed by atoms with Crippen LogP contribution in [-0.4, -0.2) is 15.5 Å². The van der Waals surface area contributed by atoms with Crippen molar-refractivity contribution in [2.75, 3.05) is 5.32 Å². The van der Waals surface area contributed by atoms with E-state index >= 15 is 0 Å². The van der Waals surface area contributed by atoms with E-state index in [9.17, 15) is 9.59 Å². The maximum atomic E-state index is 12.6. The molecule has 1 aliphatic carbocycles. The standard InChI is InChI=1S/C17H9Cl6NO2/c18-8-3-7(4-9(19)5-8)13-14(17(13,22)23)16(26)24-10-1-2-12(20)11(6-10)15(21)25/h1-6,13-14H,(H,24,26). The van der Waals surface area contributed by atoms with Gasteiger partial charge in [0.15, 0.2) is 0 Å². The van der Waals surface area contributed by atoms with Crippen LogP contribution in [0.4, 0.5) is 5.69 Å². The number of amides is 1. The molecule has 3 rings (SSSR count). The Morgan fingerprint density at radius 2 is 1.58 bits per heavy atom. The second-order valence-corrected chi connectivity index (χ2v) is 8.86. The van der Waals surface area contributed by atoms with E-state index in [1.54, 1.807) is 24.3 Å². The third-order valence-electron chi connectivity index (χ3n) is 4.03. The largest absolute Gasteiger partial charge is 0.326 e. The third-order valence-corrected chi connectivity index (χ3v) is 5.94. The molecular formula is C17H9Cl6NO2. The zero-order valence-electron chi connectivity index (χ0n) is 12.7. The Labute approximate surface area is 179 Å². The molecule has 1 fully saturated rings. The van der Waals surface area contributed by atoms with E-state index in [-0.39, 0.29) is 10.6 Å². The van der Waals surface area contributed by atoms with Gasteiger partial charge in [0.2, 0.25) is 5.91 Å². The number of carbonyl (C=O) groups excluding carboxylic acids is 2. The number of benzene rings is 2. The molecule has 0 saturated heterocycles. The van der Waals surface area contributed by atoms with Crippen molar-refractivity contribution in [1.29, 1.82) is 0 Å².